The van der Waals surface area contributed by atoms with E-state index in [-0.39, 0.29) is 10.6 Å². The fourth-order valence-electron chi connectivity index (χ4n) is 1.89. The third kappa shape index (κ3) is 6.39. The van der Waals surface area contributed by atoms with Gasteiger partial charge in [-0.25, -0.2) is 18.8 Å². The number of ether oxygens (including phenoxy) is 3. The number of imide groups is 1. The second-order valence-electron chi connectivity index (χ2n) is 7.58. The summed E-state index contributed by atoms with van der Waals surface area (Å²) in [5.41, 5.74) is -2.71. The highest BCUT2D eigenvalue weighted by molar-refractivity contribution is 6.35. The fourth-order valence-corrected chi connectivity index (χ4v) is 2.18. The van der Waals surface area contributed by atoms with Gasteiger partial charge in [0.05, 0.1) is 17.7 Å². The molecule has 0 radical (unpaired) electrons. The molecule has 0 atom stereocenters. The smallest absolute Gasteiger partial charge is 0.424 e. The molecule has 1 aromatic carbocycles. The van der Waals surface area contributed by atoms with E-state index in [1.54, 1.807) is 41.5 Å². The van der Waals surface area contributed by atoms with Crippen molar-refractivity contribution in [2.24, 2.45) is 0 Å². The molecule has 0 fully saturated rings. The van der Waals surface area contributed by atoms with Gasteiger partial charge in [0.2, 0.25) is 0 Å². The van der Waals surface area contributed by atoms with Crippen LogP contribution in [0.5, 0.6) is 0 Å². The van der Waals surface area contributed by atoms with Crippen LogP contribution in [0.2, 0.25) is 5.02 Å². The first-order valence-electron chi connectivity index (χ1n) is 7.99. The van der Waals surface area contributed by atoms with E-state index < -0.39 is 40.9 Å². The molecule has 0 unspecified atom stereocenters. The third-order valence-electron chi connectivity index (χ3n) is 2.81. The standard InChI is InChI=1S/C18H23ClFNO6/c1-17(2,3)26-15(23)21(16(24)27-18(4,5)6)13-11(19)8-10(9-12(13)20)14(22)25-7/h8-9H,1-7H3. The lowest BCUT2D eigenvalue weighted by atomic mass is 10.1. The summed E-state index contributed by atoms with van der Waals surface area (Å²) >= 11 is 6.06. The molecule has 9 heteroatoms. The number of anilines is 1. The van der Waals surface area contributed by atoms with E-state index in [1.165, 1.54) is 0 Å². The molecule has 150 valence electrons. The van der Waals surface area contributed by atoms with Crippen LogP contribution in [0.4, 0.5) is 19.7 Å². The van der Waals surface area contributed by atoms with Gasteiger partial charge in [-0.2, -0.15) is 4.90 Å². The second-order valence-corrected chi connectivity index (χ2v) is 7.98. The van der Waals surface area contributed by atoms with Crippen LogP contribution in [0.15, 0.2) is 12.1 Å². The van der Waals surface area contributed by atoms with Gasteiger partial charge in [-0.05, 0) is 53.7 Å². The highest BCUT2D eigenvalue weighted by atomic mass is 35.5. The van der Waals surface area contributed by atoms with Crippen LogP contribution in [0.1, 0.15) is 51.9 Å². The molecule has 27 heavy (non-hydrogen) atoms. The van der Waals surface area contributed by atoms with Gasteiger partial charge in [0.15, 0.2) is 0 Å². The van der Waals surface area contributed by atoms with Crippen LogP contribution in [0, 0.1) is 5.82 Å². The van der Waals surface area contributed by atoms with Crippen LogP contribution in [-0.2, 0) is 14.2 Å². The fraction of sp³-hybridized carbons (Fsp3) is 0.500. The first-order chi connectivity index (χ1) is 12.2. The Morgan fingerprint density at radius 3 is 1.74 bits per heavy atom. The Bertz CT molecular complexity index is 700. The minimum absolute atomic E-state index is 0.183. The molecule has 1 rings (SSSR count). The van der Waals surface area contributed by atoms with E-state index in [0.29, 0.717) is 4.90 Å². The normalized spacial score (nSPS) is 11.6. The molecule has 0 aliphatic carbocycles. The minimum atomic E-state index is -1.18. The molecular weight excluding hydrogens is 381 g/mol. The number of hydrogen-bond donors (Lipinski definition) is 0. The van der Waals surface area contributed by atoms with Crippen LogP contribution < -0.4 is 4.90 Å². The van der Waals surface area contributed by atoms with E-state index >= 15 is 0 Å². The van der Waals surface area contributed by atoms with Crippen LogP contribution >= 0.6 is 11.6 Å². The van der Waals surface area contributed by atoms with Gasteiger partial charge in [-0.1, -0.05) is 11.6 Å². The third-order valence-corrected chi connectivity index (χ3v) is 3.10. The largest absolute Gasteiger partial charge is 0.465 e. The molecule has 0 aliphatic heterocycles. The summed E-state index contributed by atoms with van der Waals surface area (Å²) in [6.45, 7) is 9.48. The van der Waals surface area contributed by atoms with Crippen LogP contribution in [0.3, 0.4) is 0 Å². The molecule has 0 aliphatic rings. The van der Waals surface area contributed by atoms with E-state index in [1.807, 2.05) is 0 Å². The molecule has 0 N–H and O–H groups in total. The predicted octanol–water partition coefficient (Wildman–Crippen LogP) is 4.94. The Morgan fingerprint density at radius 2 is 1.41 bits per heavy atom. The first kappa shape index (κ1) is 22.7. The van der Waals surface area contributed by atoms with Gasteiger partial charge in [-0.15, -0.1) is 0 Å². The summed E-state index contributed by atoms with van der Waals surface area (Å²) in [4.78, 5) is 37.1. The number of nitrogens with zero attached hydrogens (tertiary/aromatic N) is 1. The molecule has 1 aromatic rings. The molecule has 0 spiro atoms. The van der Waals surface area contributed by atoms with Gasteiger partial charge >= 0.3 is 18.2 Å². The second kappa shape index (κ2) is 8.12. The van der Waals surface area contributed by atoms with Crippen molar-refractivity contribution < 1.29 is 33.0 Å². The van der Waals surface area contributed by atoms with E-state index in [4.69, 9.17) is 21.1 Å². The van der Waals surface area contributed by atoms with Crippen molar-refractivity contribution in [3.63, 3.8) is 0 Å². The monoisotopic (exact) mass is 403 g/mol. The number of carbonyl (C=O) groups is 3. The van der Waals surface area contributed by atoms with Crippen molar-refractivity contribution in [2.45, 2.75) is 52.7 Å². The topological polar surface area (TPSA) is 82.1 Å². The Hall–Kier alpha value is -2.35. The van der Waals surface area contributed by atoms with E-state index in [0.717, 1.165) is 19.2 Å². The van der Waals surface area contributed by atoms with E-state index in [2.05, 4.69) is 4.74 Å². The van der Waals surface area contributed by atoms with Gasteiger partial charge in [0.1, 0.15) is 22.7 Å². The number of methoxy groups -OCH3 is 1. The van der Waals surface area contributed by atoms with Crippen molar-refractivity contribution >= 4 is 35.4 Å². The summed E-state index contributed by atoms with van der Waals surface area (Å²) in [5, 5.41) is -0.368. The highest BCUT2D eigenvalue weighted by Gasteiger charge is 2.36. The predicted molar refractivity (Wildman–Crippen MR) is 97.7 cm³/mol. The van der Waals surface area contributed by atoms with Crippen molar-refractivity contribution in [1.29, 1.82) is 0 Å². The average molecular weight is 404 g/mol. The number of rotatable bonds is 2. The maximum Gasteiger partial charge on any atom is 0.424 e. The lowest BCUT2D eigenvalue weighted by Crippen LogP contribution is -2.44. The molecule has 0 bridgehead atoms. The average Bonchev–Trinajstić information content (AvgIpc) is 2.45. The number of benzene rings is 1. The number of esters is 1. The molecule has 7 nitrogen and oxygen atoms in total. The molecule has 0 saturated heterocycles. The van der Waals surface area contributed by atoms with Crippen molar-refractivity contribution in [3.05, 3.63) is 28.5 Å². The molecular formula is C18H23ClFNO6. The Balaban J connectivity index is 3.49. The van der Waals surface area contributed by atoms with Crippen molar-refractivity contribution in [1.82, 2.24) is 0 Å². The zero-order chi connectivity index (χ0) is 21.2. The van der Waals surface area contributed by atoms with Crippen LogP contribution in [-0.4, -0.2) is 36.5 Å². The number of hydrogen-bond acceptors (Lipinski definition) is 6. The van der Waals surface area contributed by atoms with Crippen LogP contribution in [0.25, 0.3) is 0 Å². The maximum absolute atomic E-state index is 14.7. The van der Waals surface area contributed by atoms with Crippen molar-refractivity contribution in [2.75, 3.05) is 12.0 Å². The molecule has 0 aromatic heterocycles. The summed E-state index contributed by atoms with van der Waals surface area (Å²) in [6, 6.07) is 1.88. The summed E-state index contributed by atoms with van der Waals surface area (Å²) < 4.78 is 29.5. The Morgan fingerprint density at radius 1 is 0.963 bits per heavy atom. The van der Waals surface area contributed by atoms with Gasteiger partial charge in [-0.3, -0.25) is 0 Å². The first-order valence-corrected chi connectivity index (χ1v) is 8.37. The highest BCUT2D eigenvalue weighted by Crippen LogP contribution is 2.33. The molecule has 0 saturated carbocycles. The number of carbonyl (C=O) groups excluding carboxylic acids is 3. The van der Waals surface area contributed by atoms with Gasteiger partial charge < -0.3 is 14.2 Å². The minimum Gasteiger partial charge on any atom is -0.465 e. The van der Waals surface area contributed by atoms with E-state index in [9.17, 15) is 18.8 Å². The zero-order valence-electron chi connectivity index (χ0n) is 16.3. The molecule has 0 heterocycles. The molecule has 2 amide bonds. The lowest BCUT2D eigenvalue weighted by Gasteiger charge is -2.29. The lowest BCUT2D eigenvalue weighted by molar-refractivity contribution is 0.0428. The van der Waals surface area contributed by atoms with Gasteiger partial charge in [0, 0.05) is 0 Å². The maximum atomic E-state index is 14.7. The summed E-state index contributed by atoms with van der Waals surface area (Å²) in [7, 11) is 1.12. The number of amides is 2. The Kier molecular flexibility index (Phi) is 6.83. The van der Waals surface area contributed by atoms with Gasteiger partial charge in [0.25, 0.3) is 0 Å². The SMILES string of the molecule is COC(=O)c1cc(F)c(N(C(=O)OC(C)(C)C)C(=O)OC(C)(C)C)c(Cl)c1. The zero-order valence-corrected chi connectivity index (χ0v) is 17.1. The Labute approximate surface area is 162 Å². The quantitative estimate of drug-likeness (QED) is 0.513. The summed E-state index contributed by atoms with van der Waals surface area (Å²) in [6.07, 6.45) is -2.35. The van der Waals surface area contributed by atoms with Crippen molar-refractivity contribution in [3.8, 4) is 0 Å². The summed E-state index contributed by atoms with van der Waals surface area (Å²) in [5.74, 6) is -1.93. The number of halogens is 2.